The lowest BCUT2D eigenvalue weighted by Gasteiger charge is -2.43. The Morgan fingerprint density at radius 2 is 1.95 bits per heavy atom. The van der Waals surface area contributed by atoms with Crippen LogP contribution in [0.5, 0.6) is 11.5 Å². The van der Waals surface area contributed by atoms with E-state index < -0.39 is 0 Å². The molecular formula is C17H23NO2. The molecule has 4 rings (SSSR count). The van der Waals surface area contributed by atoms with Gasteiger partial charge in [-0.3, -0.25) is 0 Å². The molecule has 1 heterocycles. The summed E-state index contributed by atoms with van der Waals surface area (Å²) in [5.74, 6) is 2.58. The number of rotatable bonds is 2. The highest BCUT2D eigenvalue weighted by Crippen LogP contribution is 2.63. The topological polar surface area (TPSA) is 30.5 Å². The highest BCUT2D eigenvalue weighted by Gasteiger charge is 2.59. The smallest absolute Gasteiger partial charge is 0.231 e. The summed E-state index contributed by atoms with van der Waals surface area (Å²) in [6.07, 6.45) is 4.11. The van der Waals surface area contributed by atoms with Gasteiger partial charge in [-0.1, -0.05) is 20.8 Å². The first-order valence-electron chi connectivity index (χ1n) is 7.65. The first-order chi connectivity index (χ1) is 9.49. The maximum Gasteiger partial charge on any atom is 0.231 e. The Morgan fingerprint density at radius 3 is 2.70 bits per heavy atom. The fourth-order valence-electron chi connectivity index (χ4n) is 4.82. The van der Waals surface area contributed by atoms with Crippen LogP contribution in [0.1, 0.15) is 40.0 Å². The molecule has 1 unspecified atom stereocenters. The minimum absolute atomic E-state index is 0.341. The average molecular weight is 273 g/mol. The predicted molar refractivity (Wildman–Crippen MR) is 79.2 cm³/mol. The van der Waals surface area contributed by atoms with Gasteiger partial charge in [0.2, 0.25) is 6.79 Å². The van der Waals surface area contributed by atoms with Crippen LogP contribution in [0.25, 0.3) is 0 Å². The molecule has 3 atom stereocenters. The van der Waals surface area contributed by atoms with Crippen molar-refractivity contribution in [1.82, 2.24) is 0 Å². The molecule has 3 heteroatoms. The van der Waals surface area contributed by atoms with Gasteiger partial charge in [0.15, 0.2) is 11.5 Å². The van der Waals surface area contributed by atoms with Crippen molar-refractivity contribution in [3.8, 4) is 11.5 Å². The van der Waals surface area contributed by atoms with Gasteiger partial charge in [-0.2, -0.15) is 0 Å². The molecule has 2 saturated carbocycles. The second-order valence-electron chi connectivity index (χ2n) is 7.56. The van der Waals surface area contributed by atoms with Gasteiger partial charge in [-0.05, 0) is 48.1 Å². The van der Waals surface area contributed by atoms with Gasteiger partial charge in [0.1, 0.15) is 0 Å². The Labute approximate surface area is 120 Å². The Bertz CT molecular complexity index is 549. The van der Waals surface area contributed by atoms with Crippen LogP contribution in [0.2, 0.25) is 0 Å². The van der Waals surface area contributed by atoms with Crippen LogP contribution < -0.4 is 14.8 Å². The lowest BCUT2D eigenvalue weighted by atomic mass is 9.68. The lowest BCUT2D eigenvalue weighted by molar-refractivity contribution is 0.155. The number of nitrogens with one attached hydrogen (secondary N) is 1. The summed E-state index contributed by atoms with van der Waals surface area (Å²) in [6.45, 7) is 7.64. The molecule has 2 fully saturated rings. The van der Waals surface area contributed by atoms with Crippen LogP contribution in [-0.2, 0) is 0 Å². The molecule has 2 bridgehead atoms. The highest BCUT2D eigenvalue weighted by molar-refractivity contribution is 5.56. The van der Waals surface area contributed by atoms with Crippen molar-refractivity contribution in [1.29, 1.82) is 0 Å². The maximum absolute atomic E-state index is 5.48. The van der Waals surface area contributed by atoms with Crippen LogP contribution in [0.4, 0.5) is 5.69 Å². The summed E-state index contributed by atoms with van der Waals surface area (Å²) < 4.78 is 10.9. The summed E-state index contributed by atoms with van der Waals surface area (Å²) in [5, 5.41) is 3.80. The summed E-state index contributed by atoms with van der Waals surface area (Å²) in [7, 11) is 0. The van der Waals surface area contributed by atoms with E-state index in [9.17, 15) is 0 Å². The second-order valence-corrected chi connectivity index (χ2v) is 7.56. The van der Waals surface area contributed by atoms with Crippen molar-refractivity contribution in [2.75, 3.05) is 12.1 Å². The van der Waals surface area contributed by atoms with Gasteiger partial charge in [-0.25, -0.2) is 0 Å². The van der Waals surface area contributed by atoms with Crippen LogP contribution in [0.3, 0.4) is 0 Å². The Morgan fingerprint density at radius 1 is 1.15 bits per heavy atom. The Hall–Kier alpha value is -1.38. The van der Waals surface area contributed by atoms with Crippen molar-refractivity contribution in [2.24, 2.45) is 16.7 Å². The molecule has 0 saturated heterocycles. The van der Waals surface area contributed by atoms with Gasteiger partial charge in [0, 0.05) is 17.8 Å². The molecule has 0 radical (unpaired) electrons. The molecule has 108 valence electrons. The number of benzene rings is 1. The number of hydrogen-bond acceptors (Lipinski definition) is 3. The normalized spacial score (nSPS) is 36.4. The Kier molecular flexibility index (Phi) is 2.37. The standard InChI is InChI=1S/C17H23NO2/c1-16(2)11-6-7-17(3,9-11)15(16)18-12-4-5-13-14(8-12)20-10-19-13/h4-5,8,11,15,18H,6-7,9-10H2,1-3H3/t11-,15?,17+/m0/s1. The van der Waals surface area contributed by atoms with E-state index in [1.54, 1.807) is 0 Å². The summed E-state index contributed by atoms with van der Waals surface area (Å²) in [6, 6.07) is 6.73. The second kappa shape index (κ2) is 3.84. The number of ether oxygens (including phenoxy) is 2. The molecule has 1 aromatic rings. The van der Waals surface area contributed by atoms with Crippen LogP contribution in [0, 0.1) is 16.7 Å². The highest BCUT2D eigenvalue weighted by atomic mass is 16.7. The van der Waals surface area contributed by atoms with Gasteiger partial charge in [0.05, 0.1) is 0 Å². The van der Waals surface area contributed by atoms with Crippen molar-refractivity contribution in [3.05, 3.63) is 18.2 Å². The lowest BCUT2D eigenvalue weighted by Crippen LogP contribution is -2.45. The third kappa shape index (κ3) is 1.58. The molecule has 1 aromatic carbocycles. The fraction of sp³-hybridized carbons (Fsp3) is 0.647. The molecule has 20 heavy (non-hydrogen) atoms. The van der Waals surface area contributed by atoms with Crippen molar-refractivity contribution in [2.45, 2.75) is 46.1 Å². The molecule has 3 nitrogen and oxygen atoms in total. The molecule has 3 aliphatic rings. The van der Waals surface area contributed by atoms with E-state index in [4.69, 9.17) is 9.47 Å². The zero-order valence-electron chi connectivity index (χ0n) is 12.5. The SMILES string of the molecule is CC1(C)C(Nc2ccc3c(c2)OCO3)[C@]2(C)CC[C@H]1C2. The third-order valence-electron chi connectivity index (χ3n) is 5.95. The number of fused-ring (bicyclic) bond motifs is 3. The molecule has 2 aliphatic carbocycles. The van der Waals surface area contributed by atoms with E-state index in [0.29, 0.717) is 23.7 Å². The molecule has 0 amide bonds. The first-order valence-corrected chi connectivity index (χ1v) is 7.65. The minimum atomic E-state index is 0.341. The van der Waals surface area contributed by atoms with E-state index >= 15 is 0 Å². The van der Waals surface area contributed by atoms with E-state index in [1.807, 2.05) is 6.07 Å². The molecule has 0 aromatic heterocycles. The quantitative estimate of drug-likeness (QED) is 0.882. The summed E-state index contributed by atoms with van der Waals surface area (Å²) in [5.41, 5.74) is 1.95. The van der Waals surface area contributed by atoms with Gasteiger partial charge >= 0.3 is 0 Å². The van der Waals surface area contributed by atoms with E-state index in [1.165, 1.54) is 19.3 Å². The predicted octanol–water partition coefficient (Wildman–Crippen LogP) is 4.04. The van der Waals surface area contributed by atoms with Crippen LogP contribution >= 0.6 is 0 Å². The van der Waals surface area contributed by atoms with Gasteiger partial charge < -0.3 is 14.8 Å². The van der Waals surface area contributed by atoms with E-state index in [-0.39, 0.29) is 0 Å². The van der Waals surface area contributed by atoms with Gasteiger partial charge in [-0.15, -0.1) is 0 Å². The van der Waals surface area contributed by atoms with Crippen LogP contribution in [-0.4, -0.2) is 12.8 Å². The number of anilines is 1. The van der Waals surface area contributed by atoms with Crippen molar-refractivity contribution >= 4 is 5.69 Å². The Balaban J connectivity index is 1.62. The average Bonchev–Trinajstić information content (AvgIpc) is 3.05. The molecule has 1 aliphatic heterocycles. The van der Waals surface area contributed by atoms with Crippen LogP contribution in [0.15, 0.2) is 18.2 Å². The summed E-state index contributed by atoms with van der Waals surface area (Å²) >= 11 is 0. The molecular weight excluding hydrogens is 250 g/mol. The zero-order chi connectivity index (χ0) is 14.0. The third-order valence-corrected chi connectivity index (χ3v) is 5.95. The van der Waals surface area contributed by atoms with E-state index in [0.717, 1.165) is 23.1 Å². The monoisotopic (exact) mass is 273 g/mol. The molecule has 0 spiro atoms. The summed E-state index contributed by atoms with van der Waals surface area (Å²) in [4.78, 5) is 0. The van der Waals surface area contributed by atoms with E-state index in [2.05, 4.69) is 38.2 Å². The zero-order valence-corrected chi connectivity index (χ0v) is 12.5. The number of hydrogen-bond donors (Lipinski definition) is 1. The first kappa shape index (κ1) is 12.4. The maximum atomic E-state index is 5.48. The largest absolute Gasteiger partial charge is 0.454 e. The van der Waals surface area contributed by atoms with Crippen molar-refractivity contribution in [3.63, 3.8) is 0 Å². The van der Waals surface area contributed by atoms with Crippen molar-refractivity contribution < 1.29 is 9.47 Å². The minimum Gasteiger partial charge on any atom is -0.454 e. The fourth-order valence-corrected chi connectivity index (χ4v) is 4.82. The molecule has 1 N–H and O–H groups in total. The van der Waals surface area contributed by atoms with Gasteiger partial charge in [0.25, 0.3) is 0 Å².